The van der Waals surface area contributed by atoms with Crippen LogP contribution in [0.15, 0.2) is 34.9 Å². The lowest BCUT2D eigenvalue weighted by atomic mass is 9.69. The highest BCUT2D eigenvalue weighted by Gasteiger charge is 2.62. The molecule has 8 heteroatoms. The number of rotatable bonds is 4. The lowest BCUT2D eigenvalue weighted by molar-refractivity contribution is -0.224. The van der Waals surface area contributed by atoms with E-state index in [1.807, 2.05) is 31.2 Å². The van der Waals surface area contributed by atoms with Gasteiger partial charge in [-0.1, -0.05) is 6.92 Å². The summed E-state index contributed by atoms with van der Waals surface area (Å²) in [5, 5.41) is 1.03. The van der Waals surface area contributed by atoms with Crippen LogP contribution in [0, 0.1) is 5.92 Å². The molecule has 0 N–H and O–H groups in total. The Bertz CT molecular complexity index is 957. The van der Waals surface area contributed by atoms with E-state index in [2.05, 4.69) is 20.9 Å². The molecule has 7 nitrogen and oxygen atoms in total. The lowest BCUT2D eigenvalue weighted by Crippen LogP contribution is -2.54. The maximum Gasteiger partial charge on any atom is 0.305 e. The second-order valence-electron chi connectivity index (χ2n) is 7.68. The molecular weight excluding hydrogens is 442 g/mol. The number of nitrogens with zero attached hydrogens (tertiary/aromatic N) is 1. The molecule has 1 saturated heterocycles. The van der Waals surface area contributed by atoms with E-state index in [0.717, 1.165) is 21.1 Å². The first-order chi connectivity index (χ1) is 13.8. The zero-order valence-electron chi connectivity index (χ0n) is 16.4. The Morgan fingerprint density at radius 2 is 1.90 bits per heavy atom. The van der Waals surface area contributed by atoms with Crippen molar-refractivity contribution in [2.45, 2.75) is 57.7 Å². The normalized spacial score (nSPS) is 30.8. The van der Waals surface area contributed by atoms with Crippen LogP contribution in [0.3, 0.4) is 0 Å². The zero-order valence-corrected chi connectivity index (χ0v) is 18.0. The van der Waals surface area contributed by atoms with E-state index in [0.29, 0.717) is 12.8 Å². The first-order valence-corrected chi connectivity index (χ1v) is 10.3. The largest absolute Gasteiger partial charge is 0.490 e. The Kier molecular flexibility index (Phi) is 5.25. The van der Waals surface area contributed by atoms with Gasteiger partial charge in [0.2, 0.25) is 6.29 Å². The average molecular weight is 464 g/mol. The molecule has 1 saturated carbocycles. The van der Waals surface area contributed by atoms with Crippen molar-refractivity contribution in [2.24, 2.45) is 5.92 Å². The van der Waals surface area contributed by atoms with Gasteiger partial charge in [-0.05, 0) is 34.1 Å². The van der Waals surface area contributed by atoms with Gasteiger partial charge in [-0.15, -0.1) is 0 Å². The fraction of sp³-hybridized carbons (Fsp3) is 0.476. The number of carbonyl (C=O) groups is 2. The van der Waals surface area contributed by atoms with Crippen molar-refractivity contribution in [1.29, 1.82) is 0 Å². The number of aromatic nitrogens is 1. The smallest absolute Gasteiger partial charge is 0.305 e. The minimum absolute atomic E-state index is 0.0422. The van der Waals surface area contributed by atoms with Crippen molar-refractivity contribution in [3.05, 3.63) is 34.9 Å². The van der Waals surface area contributed by atoms with Gasteiger partial charge in [0.25, 0.3) is 0 Å². The predicted octanol–water partition coefficient (Wildman–Crippen LogP) is 3.76. The molecule has 0 radical (unpaired) electrons. The molecule has 2 fully saturated rings. The fourth-order valence-corrected chi connectivity index (χ4v) is 4.50. The fourth-order valence-electron chi connectivity index (χ4n) is 4.15. The van der Waals surface area contributed by atoms with Gasteiger partial charge in [-0.25, -0.2) is 0 Å². The molecule has 154 valence electrons. The highest BCUT2D eigenvalue weighted by Crippen LogP contribution is 2.51. The minimum atomic E-state index is -0.893. The first kappa shape index (κ1) is 20.1. The Labute approximate surface area is 176 Å². The second-order valence-corrected chi connectivity index (χ2v) is 8.59. The molecule has 2 aromatic rings. The summed E-state index contributed by atoms with van der Waals surface area (Å²) in [6.07, 6.45) is 1.43. The number of carbonyl (C=O) groups excluding carboxylic acids is 2. The van der Waals surface area contributed by atoms with E-state index in [1.54, 1.807) is 6.20 Å². The molecule has 2 heterocycles. The van der Waals surface area contributed by atoms with Crippen LogP contribution in [0.5, 0.6) is 5.75 Å². The topological polar surface area (TPSA) is 84.0 Å². The van der Waals surface area contributed by atoms with Crippen LogP contribution in [0.4, 0.5) is 0 Å². The highest BCUT2D eigenvalue weighted by atomic mass is 79.9. The summed E-state index contributed by atoms with van der Waals surface area (Å²) in [7, 11) is 0. The van der Waals surface area contributed by atoms with Crippen LogP contribution in [0.1, 0.15) is 33.6 Å². The summed E-state index contributed by atoms with van der Waals surface area (Å²) >= 11 is 3.42. The van der Waals surface area contributed by atoms with Gasteiger partial charge in [0, 0.05) is 54.7 Å². The molecular formula is C21H22BrNO6. The van der Waals surface area contributed by atoms with Crippen molar-refractivity contribution in [3.8, 4) is 5.75 Å². The summed E-state index contributed by atoms with van der Waals surface area (Å²) in [6, 6.07) is 7.81. The van der Waals surface area contributed by atoms with Crippen LogP contribution in [0.25, 0.3) is 10.9 Å². The van der Waals surface area contributed by atoms with Gasteiger partial charge < -0.3 is 18.9 Å². The number of esters is 2. The van der Waals surface area contributed by atoms with Crippen molar-refractivity contribution in [3.63, 3.8) is 0 Å². The Balaban J connectivity index is 1.44. The van der Waals surface area contributed by atoms with Gasteiger partial charge in [0.05, 0.1) is 11.1 Å². The third-order valence-corrected chi connectivity index (χ3v) is 6.03. The molecule has 1 aromatic heterocycles. The molecule has 0 bridgehead atoms. The Morgan fingerprint density at radius 1 is 1.17 bits per heavy atom. The van der Waals surface area contributed by atoms with Gasteiger partial charge in [0.15, 0.2) is 6.10 Å². The van der Waals surface area contributed by atoms with Crippen LogP contribution < -0.4 is 4.74 Å². The van der Waals surface area contributed by atoms with Gasteiger partial charge in [0.1, 0.15) is 11.9 Å². The Morgan fingerprint density at radius 3 is 2.59 bits per heavy atom. The number of hydrogen-bond donors (Lipinski definition) is 0. The van der Waals surface area contributed by atoms with E-state index in [9.17, 15) is 9.59 Å². The van der Waals surface area contributed by atoms with Crippen LogP contribution in [0.2, 0.25) is 0 Å². The summed E-state index contributed by atoms with van der Waals surface area (Å²) in [5.74, 6) is -0.280. The molecule has 1 aromatic carbocycles. The highest BCUT2D eigenvalue weighted by molar-refractivity contribution is 9.10. The number of benzene rings is 1. The van der Waals surface area contributed by atoms with Crippen LogP contribution in [-0.2, 0) is 23.8 Å². The maximum absolute atomic E-state index is 11.5. The molecule has 1 aliphatic heterocycles. The Hall–Kier alpha value is -2.19. The number of hydrogen-bond acceptors (Lipinski definition) is 7. The monoisotopic (exact) mass is 463 g/mol. The third kappa shape index (κ3) is 3.96. The SMILES string of the molecule is CC(=O)OC1O[C@]2(C[C@@H](Oc3ccc4cc(Br)cnc4c3)C2)[C@@H](C)C1OC(C)=O. The summed E-state index contributed by atoms with van der Waals surface area (Å²) in [4.78, 5) is 27.3. The summed E-state index contributed by atoms with van der Waals surface area (Å²) < 4.78 is 23.7. The van der Waals surface area contributed by atoms with Crippen molar-refractivity contribution in [1.82, 2.24) is 4.98 Å². The molecule has 2 unspecified atom stereocenters. The molecule has 1 spiro atoms. The second kappa shape index (κ2) is 7.57. The summed E-state index contributed by atoms with van der Waals surface area (Å²) in [5.41, 5.74) is 0.320. The quantitative estimate of drug-likeness (QED) is 0.637. The average Bonchev–Trinajstić information content (AvgIpc) is 2.86. The van der Waals surface area contributed by atoms with E-state index in [1.165, 1.54) is 13.8 Å². The van der Waals surface area contributed by atoms with Crippen LogP contribution >= 0.6 is 15.9 Å². The minimum Gasteiger partial charge on any atom is -0.490 e. The number of ether oxygens (including phenoxy) is 4. The van der Waals surface area contributed by atoms with E-state index in [4.69, 9.17) is 18.9 Å². The van der Waals surface area contributed by atoms with Crippen molar-refractivity contribution in [2.75, 3.05) is 0 Å². The lowest BCUT2D eigenvalue weighted by Gasteiger charge is -2.46. The van der Waals surface area contributed by atoms with Gasteiger partial charge >= 0.3 is 11.9 Å². The first-order valence-electron chi connectivity index (χ1n) is 9.50. The van der Waals surface area contributed by atoms with Crippen molar-refractivity contribution < 1.29 is 28.5 Å². The zero-order chi connectivity index (χ0) is 20.8. The maximum atomic E-state index is 11.5. The molecule has 0 amide bonds. The number of fused-ring (bicyclic) bond motifs is 1. The van der Waals surface area contributed by atoms with Gasteiger partial charge in [-0.2, -0.15) is 0 Å². The summed E-state index contributed by atoms with van der Waals surface area (Å²) in [6.45, 7) is 4.59. The van der Waals surface area contributed by atoms with Gasteiger partial charge in [-0.3, -0.25) is 14.6 Å². The predicted molar refractivity (Wildman–Crippen MR) is 107 cm³/mol. The molecule has 4 rings (SSSR count). The van der Waals surface area contributed by atoms with Crippen LogP contribution in [-0.4, -0.2) is 41.0 Å². The van der Waals surface area contributed by atoms with E-state index in [-0.39, 0.29) is 12.0 Å². The molecule has 2 aliphatic rings. The number of halogens is 1. The third-order valence-electron chi connectivity index (χ3n) is 5.60. The van der Waals surface area contributed by atoms with E-state index >= 15 is 0 Å². The molecule has 1 aliphatic carbocycles. The van der Waals surface area contributed by atoms with Crippen molar-refractivity contribution >= 4 is 38.8 Å². The number of pyridine rings is 1. The molecule has 29 heavy (non-hydrogen) atoms. The molecule has 3 atom stereocenters. The van der Waals surface area contributed by atoms with E-state index < -0.39 is 29.9 Å². The standard InChI is InChI=1S/C21H22BrNO6/c1-11-19(26-12(2)24)20(27-13(3)25)29-21(11)8-17(9-21)28-16-5-4-14-6-15(22)10-23-18(14)7-16/h4-7,10-11,17,19-20H,8-9H2,1-3H3/t11-,17-,19?,20?,21+/m0/s1.